The Kier molecular flexibility index (Phi) is 6.64. The summed E-state index contributed by atoms with van der Waals surface area (Å²) in [5.74, 6) is -0.0521. The average Bonchev–Trinajstić information content (AvgIpc) is 2.78. The van der Waals surface area contributed by atoms with Crippen molar-refractivity contribution in [2.75, 3.05) is 20.2 Å². The van der Waals surface area contributed by atoms with Gasteiger partial charge in [-0.2, -0.15) is 5.26 Å². The number of carbonyl (C=O) groups excluding carboxylic acids is 2. The van der Waals surface area contributed by atoms with Crippen LogP contribution in [0.5, 0.6) is 11.5 Å². The van der Waals surface area contributed by atoms with Gasteiger partial charge in [0.2, 0.25) is 5.91 Å². The highest BCUT2D eigenvalue weighted by atomic mass is 16.6. The highest BCUT2D eigenvalue weighted by Crippen LogP contribution is 2.30. The molecule has 0 N–H and O–H groups in total. The van der Waals surface area contributed by atoms with Crippen LogP contribution in [0.15, 0.2) is 54.6 Å². The van der Waals surface area contributed by atoms with Crippen LogP contribution in [-0.4, -0.2) is 37.0 Å². The van der Waals surface area contributed by atoms with Gasteiger partial charge in [-0.3, -0.25) is 9.59 Å². The molecule has 0 atom stereocenters. The second-order valence-corrected chi connectivity index (χ2v) is 6.74. The van der Waals surface area contributed by atoms with E-state index in [0.717, 1.165) is 5.56 Å². The molecule has 0 spiro atoms. The Morgan fingerprint density at radius 2 is 1.83 bits per heavy atom. The summed E-state index contributed by atoms with van der Waals surface area (Å²) in [5, 5.41) is 8.96. The maximum absolute atomic E-state index is 12.5. The zero-order chi connectivity index (χ0) is 20.6. The summed E-state index contributed by atoms with van der Waals surface area (Å²) in [6, 6.07) is 16.3. The van der Waals surface area contributed by atoms with E-state index in [4.69, 9.17) is 14.7 Å². The molecule has 0 bridgehead atoms. The van der Waals surface area contributed by atoms with Crippen LogP contribution in [0.2, 0.25) is 0 Å². The number of hydrogen-bond acceptors (Lipinski definition) is 5. The summed E-state index contributed by atoms with van der Waals surface area (Å²) in [4.78, 5) is 26.6. The van der Waals surface area contributed by atoms with Crippen LogP contribution in [0.25, 0.3) is 6.08 Å². The van der Waals surface area contributed by atoms with E-state index in [1.807, 2.05) is 36.4 Å². The van der Waals surface area contributed by atoms with Crippen molar-refractivity contribution >= 4 is 18.0 Å². The maximum atomic E-state index is 12.5. The molecule has 1 aliphatic rings. The normalized spacial score (nSPS) is 14.4. The average molecular weight is 390 g/mol. The quantitative estimate of drug-likeness (QED) is 0.444. The number of rotatable bonds is 5. The van der Waals surface area contributed by atoms with Gasteiger partial charge in [0, 0.05) is 25.2 Å². The molecule has 1 saturated heterocycles. The summed E-state index contributed by atoms with van der Waals surface area (Å²) >= 11 is 0. The first-order chi connectivity index (χ1) is 14.1. The van der Waals surface area contributed by atoms with Crippen LogP contribution < -0.4 is 9.47 Å². The van der Waals surface area contributed by atoms with Crippen LogP contribution in [0.4, 0.5) is 0 Å². The van der Waals surface area contributed by atoms with Crippen LogP contribution in [-0.2, 0) is 9.59 Å². The number of esters is 1. The first kappa shape index (κ1) is 20.2. The molecule has 3 rings (SSSR count). The summed E-state index contributed by atoms with van der Waals surface area (Å²) in [6.07, 6.45) is 4.44. The third-order valence-corrected chi connectivity index (χ3v) is 4.86. The number of nitrogens with zero attached hydrogens (tertiary/aromatic N) is 2. The molecular weight excluding hydrogens is 368 g/mol. The molecule has 6 nitrogen and oxygen atoms in total. The third kappa shape index (κ3) is 5.23. The van der Waals surface area contributed by atoms with Crippen molar-refractivity contribution in [1.82, 2.24) is 4.90 Å². The Balaban J connectivity index is 1.54. The highest BCUT2D eigenvalue weighted by molar-refractivity contribution is 5.92. The van der Waals surface area contributed by atoms with Crippen molar-refractivity contribution in [3.05, 3.63) is 65.7 Å². The largest absolute Gasteiger partial charge is 0.493 e. The number of ether oxygens (including phenoxy) is 2. The number of carbonyl (C=O) groups is 2. The van der Waals surface area contributed by atoms with Gasteiger partial charge in [0.1, 0.15) is 0 Å². The van der Waals surface area contributed by atoms with Crippen LogP contribution in [0, 0.1) is 17.2 Å². The molecule has 6 heteroatoms. The predicted octanol–water partition coefficient (Wildman–Crippen LogP) is 3.42. The minimum absolute atomic E-state index is 0.0607. The van der Waals surface area contributed by atoms with Gasteiger partial charge in [-0.15, -0.1) is 0 Å². The second kappa shape index (κ2) is 9.56. The molecule has 2 aromatic rings. The van der Waals surface area contributed by atoms with Crippen LogP contribution in [0.1, 0.15) is 24.0 Å². The van der Waals surface area contributed by atoms with Gasteiger partial charge >= 0.3 is 5.97 Å². The van der Waals surface area contributed by atoms with Crippen molar-refractivity contribution in [2.24, 2.45) is 5.92 Å². The molecule has 0 saturated carbocycles. The van der Waals surface area contributed by atoms with Crippen molar-refractivity contribution in [3.8, 4) is 17.6 Å². The lowest BCUT2D eigenvalue weighted by atomic mass is 9.97. The van der Waals surface area contributed by atoms with Gasteiger partial charge in [-0.25, -0.2) is 0 Å². The fourth-order valence-electron chi connectivity index (χ4n) is 3.19. The number of nitriles is 1. The van der Waals surface area contributed by atoms with Gasteiger partial charge in [0.05, 0.1) is 24.7 Å². The number of methoxy groups -OCH3 is 1. The molecule has 0 radical (unpaired) electrons. The van der Waals surface area contributed by atoms with E-state index in [1.165, 1.54) is 13.2 Å². The first-order valence-electron chi connectivity index (χ1n) is 9.42. The standard InChI is InChI=1S/C23H22N2O4/c1-28-21-15-18(16-24)7-9-20(21)29-23(27)19-11-13-25(14-12-19)22(26)10-8-17-5-3-2-4-6-17/h2-10,15,19H,11-14H2,1H3/b10-8+. The lowest BCUT2D eigenvalue weighted by Crippen LogP contribution is -2.40. The molecule has 0 aromatic heterocycles. The molecule has 1 heterocycles. The number of hydrogen-bond donors (Lipinski definition) is 0. The van der Waals surface area contributed by atoms with Gasteiger partial charge in [-0.1, -0.05) is 30.3 Å². The molecular formula is C23H22N2O4. The molecule has 29 heavy (non-hydrogen) atoms. The molecule has 0 aliphatic carbocycles. The van der Waals surface area contributed by atoms with Crippen LogP contribution in [0.3, 0.4) is 0 Å². The van der Waals surface area contributed by atoms with E-state index in [-0.39, 0.29) is 17.8 Å². The number of likely N-dealkylation sites (tertiary alicyclic amines) is 1. The lowest BCUT2D eigenvalue weighted by molar-refractivity contribution is -0.142. The SMILES string of the molecule is COc1cc(C#N)ccc1OC(=O)C1CCN(C(=O)/C=C/c2ccccc2)CC1. The van der Waals surface area contributed by atoms with Gasteiger partial charge < -0.3 is 14.4 Å². The number of piperidine rings is 1. The predicted molar refractivity (Wildman–Crippen MR) is 108 cm³/mol. The lowest BCUT2D eigenvalue weighted by Gasteiger charge is -2.30. The van der Waals surface area contributed by atoms with Crippen molar-refractivity contribution in [3.63, 3.8) is 0 Å². The molecule has 1 aliphatic heterocycles. The fraction of sp³-hybridized carbons (Fsp3) is 0.261. The number of benzene rings is 2. The van der Waals surface area contributed by atoms with Gasteiger partial charge in [-0.05, 0) is 36.6 Å². The third-order valence-electron chi connectivity index (χ3n) is 4.86. The molecule has 0 unspecified atom stereocenters. The van der Waals surface area contributed by atoms with Crippen molar-refractivity contribution < 1.29 is 19.1 Å². The highest BCUT2D eigenvalue weighted by Gasteiger charge is 2.28. The van der Waals surface area contributed by atoms with E-state index in [0.29, 0.717) is 43.0 Å². The van der Waals surface area contributed by atoms with E-state index < -0.39 is 0 Å². The first-order valence-corrected chi connectivity index (χ1v) is 9.42. The van der Waals surface area contributed by atoms with E-state index in [2.05, 4.69) is 0 Å². The molecule has 1 fully saturated rings. The Bertz CT molecular complexity index is 939. The zero-order valence-electron chi connectivity index (χ0n) is 16.2. The summed E-state index contributed by atoms with van der Waals surface area (Å²) in [6.45, 7) is 1.00. The second-order valence-electron chi connectivity index (χ2n) is 6.74. The minimum atomic E-state index is -0.347. The zero-order valence-corrected chi connectivity index (χ0v) is 16.2. The fourth-order valence-corrected chi connectivity index (χ4v) is 3.19. The molecule has 2 aromatic carbocycles. The summed E-state index contributed by atoms with van der Waals surface area (Å²) in [7, 11) is 1.46. The van der Waals surface area contributed by atoms with E-state index >= 15 is 0 Å². The molecule has 1 amide bonds. The monoisotopic (exact) mass is 390 g/mol. The number of amides is 1. The minimum Gasteiger partial charge on any atom is -0.493 e. The van der Waals surface area contributed by atoms with E-state index in [1.54, 1.807) is 29.2 Å². The Morgan fingerprint density at radius 3 is 2.48 bits per heavy atom. The van der Waals surface area contributed by atoms with Crippen molar-refractivity contribution in [2.45, 2.75) is 12.8 Å². The summed E-state index contributed by atoms with van der Waals surface area (Å²) < 4.78 is 10.7. The van der Waals surface area contributed by atoms with Gasteiger partial charge in [0.15, 0.2) is 11.5 Å². The maximum Gasteiger partial charge on any atom is 0.314 e. The van der Waals surface area contributed by atoms with E-state index in [9.17, 15) is 9.59 Å². The Morgan fingerprint density at radius 1 is 1.10 bits per heavy atom. The van der Waals surface area contributed by atoms with Crippen molar-refractivity contribution in [1.29, 1.82) is 5.26 Å². The Labute approximate surface area is 170 Å². The molecule has 148 valence electrons. The topological polar surface area (TPSA) is 79.6 Å². The summed E-state index contributed by atoms with van der Waals surface area (Å²) in [5.41, 5.74) is 1.40. The smallest absolute Gasteiger partial charge is 0.314 e. The van der Waals surface area contributed by atoms with Gasteiger partial charge in [0.25, 0.3) is 0 Å². The Hall–Kier alpha value is -3.59. The van der Waals surface area contributed by atoms with Crippen LogP contribution >= 0.6 is 0 Å².